The van der Waals surface area contributed by atoms with Gasteiger partial charge in [0.2, 0.25) is 0 Å². The molecule has 0 heterocycles. The van der Waals surface area contributed by atoms with E-state index in [2.05, 4.69) is 39.9 Å². The van der Waals surface area contributed by atoms with Crippen molar-refractivity contribution in [2.75, 3.05) is 41.3 Å². The fraction of sp³-hybridized carbons (Fsp3) is 0.462. The maximum atomic E-state index is 12.2. The van der Waals surface area contributed by atoms with E-state index in [9.17, 15) is 4.79 Å². The van der Waals surface area contributed by atoms with Crippen LogP contribution < -0.4 is 15.4 Å². The lowest BCUT2D eigenvalue weighted by Gasteiger charge is -2.32. The van der Waals surface area contributed by atoms with E-state index in [1.807, 2.05) is 24.3 Å². The van der Waals surface area contributed by atoms with Crippen molar-refractivity contribution in [2.24, 2.45) is 4.99 Å². The number of hydrogen-bond acceptors (Lipinski definition) is 3. The van der Waals surface area contributed by atoms with Crippen molar-refractivity contribution < 1.29 is 9.53 Å². The van der Waals surface area contributed by atoms with Crippen molar-refractivity contribution in [1.82, 2.24) is 15.5 Å². The summed E-state index contributed by atoms with van der Waals surface area (Å²) < 4.78 is 5.67. The number of methoxy groups -OCH3 is 1. The molecular formula is C26H37IN4O2. The zero-order valence-corrected chi connectivity index (χ0v) is 22.5. The summed E-state index contributed by atoms with van der Waals surface area (Å²) in [5.41, 5.74) is 3.19. The fourth-order valence-electron chi connectivity index (χ4n) is 4.59. The van der Waals surface area contributed by atoms with E-state index in [4.69, 9.17) is 4.74 Å². The summed E-state index contributed by atoms with van der Waals surface area (Å²) in [7, 11) is 7.09. The maximum Gasteiger partial charge on any atom is 0.253 e. The Labute approximate surface area is 215 Å². The van der Waals surface area contributed by atoms with Crippen LogP contribution in [0.1, 0.15) is 47.2 Å². The van der Waals surface area contributed by atoms with Gasteiger partial charge >= 0.3 is 0 Å². The van der Waals surface area contributed by atoms with Crippen LogP contribution in [-0.4, -0.2) is 58.1 Å². The van der Waals surface area contributed by atoms with Crippen molar-refractivity contribution in [3.05, 3.63) is 65.2 Å². The highest BCUT2D eigenvalue weighted by Gasteiger charge is 2.37. The first-order valence-corrected chi connectivity index (χ1v) is 11.4. The SMILES string of the molecule is CN=C(NCCc1cccc(C(=O)N(C)C)c1)NCC1(c2ccccc2OC)CCCC1.I. The first kappa shape index (κ1) is 27.0. The minimum absolute atomic E-state index is 0. The largest absolute Gasteiger partial charge is 0.496 e. The molecule has 0 radical (unpaired) electrons. The Bertz CT molecular complexity index is 939. The van der Waals surface area contributed by atoms with E-state index in [1.54, 1.807) is 33.2 Å². The van der Waals surface area contributed by atoms with Crippen molar-refractivity contribution >= 4 is 35.8 Å². The lowest BCUT2D eigenvalue weighted by Crippen LogP contribution is -2.45. The van der Waals surface area contributed by atoms with Crippen LogP contribution in [0, 0.1) is 0 Å². The van der Waals surface area contributed by atoms with E-state index in [0.717, 1.165) is 55.2 Å². The molecular weight excluding hydrogens is 527 g/mol. The first-order chi connectivity index (χ1) is 15.5. The topological polar surface area (TPSA) is 66.0 Å². The molecule has 0 atom stereocenters. The summed E-state index contributed by atoms with van der Waals surface area (Å²) in [5, 5.41) is 6.98. The lowest BCUT2D eigenvalue weighted by atomic mass is 9.78. The second-order valence-corrected chi connectivity index (χ2v) is 8.69. The number of guanidine groups is 1. The molecule has 1 saturated carbocycles. The molecule has 6 nitrogen and oxygen atoms in total. The molecule has 33 heavy (non-hydrogen) atoms. The number of hydrogen-bond donors (Lipinski definition) is 2. The molecule has 1 aliphatic rings. The van der Waals surface area contributed by atoms with Gasteiger partial charge in [-0.2, -0.15) is 0 Å². The van der Waals surface area contributed by atoms with Crippen molar-refractivity contribution in [3.8, 4) is 5.75 Å². The van der Waals surface area contributed by atoms with Gasteiger partial charge in [-0.3, -0.25) is 9.79 Å². The number of carbonyl (C=O) groups is 1. The van der Waals surface area contributed by atoms with Crippen molar-refractivity contribution in [1.29, 1.82) is 0 Å². The van der Waals surface area contributed by atoms with Gasteiger partial charge in [0.15, 0.2) is 5.96 Å². The minimum Gasteiger partial charge on any atom is -0.496 e. The minimum atomic E-state index is 0. The highest BCUT2D eigenvalue weighted by Crippen LogP contribution is 2.44. The number of carbonyl (C=O) groups excluding carboxylic acids is 1. The van der Waals surface area contributed by atoms with E-state index in [-0.39, 0.29) is 35.3 Å². The molecule has 0 spiro atoms. The van der Waals surface area contributed by atoms with Gasteiger partial charge in [-0.05, 0) is 43.0 Å². The van der Waals surface area contributed by atoms with Gasteiger partial charge in [0, 0.05) is 50.8 Å². The average Bonchev–Trinajstić information content (AvgIpc) is 3.30. The van der Waals surface area contributed by atoms with Gasteiger partial charge in [-0.25, -0.2) is 0 Å². The van der Waals surface area contributed by atoms with Gasteiger partial charge in [0.05, 0.1) is 7.11 Å². The summed E-state index contributed by atoms with van der Waals surface area (Å²) in [5.74, 6) is 1.79. The molecule has 0 unspecified atom stereocenters. The molecule has 1 aliphatic carbocycles. The summed E-state index contributed by atoms with van der Waals surface area (Å²) in [6.45, 7) is 1.56. The van der Waals surface area contributed by atoms with Gasteiger partial charge in [0.25, 0.3) is 5.91 Å². The first-order valence-electron chi connectivity index (χ1n) is 11.4. The predicted molar refractivity (Wildman–Crippen MR) is 146 cm³/mol. The number of amides is 1. The zero-order valence-electron chi connectivity index (χ0n) is 20.2. The number of halogens is 1. The fourth-order valence-corrected chi connectivity index (χ4v) is 4.59. The normalized spacial score (nSPS) is 14.8. The van der Waals surface area contributed by atoms with E-state index < -0.39 is 0 Å². The second kappa shape index (κ2) is 12.8. The van der Waals surface area contributed by atoms with Crippen LogP contribution in [-0.2, 0) is 11.8 Å². The molecule has 2 aromatic rings. The number of ether oxygens (including phenoxy) is 1. The van der Waals surface area contributed by atoms with Gasteiger partial charge in [-0.1, -0.05) is 43.2 Å². The van der Waals surface area contributed by atoms with Crippen LogP contribution in [0.15, 0.2) is 53.5 Å². The molecule has 1 fully saturated rings. The van der Waals surface area contributed by atoms with E-state index in [0.29, 0.717) is 0 Å². The van der Waals surface area contributed by atoms with Gasteiger partial charge < -0.3 is 20.3 Å². The van der Waals surface area contributed by atoms with Crippen LogP contribution in [0.2, 0.25) is 0 Å². The Morgan fingerprint density at radius 1 is 1.09 bits per heavy atom. The van der Waals surface area contributed by atoms with Crippen molar-refractivity contribution in [2.45, 2.75) is 37.5 Å². The van der Waals surface area contributed by atoms with Crippen LogP contribution in [0.25, 0.3) is 0 Å². The number of para-hydroxylation sites is 1. The molecule has 0 bridgehead atoms. The maximum absolute atomic E-state index is 12.2. The quantitative estimate of drug-likeness (QED) is 0.286. The highest BCUT2D eigenvalue weighted by molar-refractivity contribution is 14.0. The standard InChI is InChI=1S/C26H36N4O2.HI/c1-27-25(28-17-14-20-10-9-11-21(18-20)24(31)30(2)3)29-19-26(15-7-8-16-26)22-12-5-6-13-23(22)32-4;/h5-6,9-13,18H,7-8,14-17,19H2,1-4H3,(H2,27,28,29);1H. The monoisotopic (exact) mass is 564 g/mol. The summed E-state index contributed by atoms with van der Waals surface area (Å²) >= 11 is 0. The molecule has 2 N–H and O–H groups in total. The second-order valence-electron chi connectivity index (χ2n) is 8.69. The number of nitrogens with zero attached hydrogens (tertiary/aromatic N) is 2. The number of aliphatic imine (C=N–C) groups is 1. The smallest absolute Gasteiger partial charge is 0.253 e. The van der Waals surface area contributed by atoms with Gasteiger partial charge in [-0.15, -0.1) is 24.0 Å². The molecule has 7 heteroatoms. The van der Waals surface area contributed by atoms with Crippen LogP contribution in [0.4, 0.5) is 0 Å². The van der Waals surface area contributed by atoms with E-state index in [1.165, 1.54) is 18.4 Å². The van der Waals surface area contributed by atoms with Crippen LogP contribution in [0.5, 0.6) is 5.75 Å². The van der Waals surface area contributed by atoms with Gasteiger partial charge in [0.1, 0.15) is 5.75 Å². The van der Waals surface area contributed by atoms with Crippen molar-refractivity contribution in [3.63, 3.8) is 0 Å². The predicted octanol–water partition coefficient (Wildman–Crippen LogP) is 4.23. The molecule has 1 amide bonds. The third-order valence-electron chi connectivity index (χ3n) is 6.34. The molecule has 180 valence electrons. The molecule has 2 aromatic carbocycles. The molecule has 3 rings (SSSR count). The molecule has 0 aromatic heterocycles. The third-order valence-corrected chi connectivity index (χ3v) is 6.34. The summed E-state index contributed by atoms with van der Waals surface area (Å²) in [4.78, 5) is 18.2. The number of rotatable bonds is 8. The number of nitrogens with one attached hydrogen (secondary N) is 2. The zero-order chi connectivity index (χ0) is 23.0. The Morgan fingerprint density at radius 3 is 2.48 bits per heavy atom. The molecule has 0 saturated heterocycles. The molecule has 0 aliphatic heterocycles. The lowest BCUT2D eigenvalue weighted by molar-refractivity contribution is 0.0827. The Kier molecular flexibility index (Phi) is 10.5. The third kappa shape index (κ3) is 6.85. The Morgan fingerprint density at radius 2 is 1.82 bits per heavy atom. The van der Waals surface area contributed by atoms with Crippen LogP contribution in [0.3, 0.4) is 0 Å². The number of benzene rings is 2. The summed E-state index contributed by atoms with van der Waals surface area (Å²) in [6.07, 6.45) is 5.56. The summed E-state index contributed by atoms with van der Waals surface area (Å²) in [6, 6.07) is 16.2. The van der Waals surface area contributed by atoms with E-state index >= 15 is 0 Å². The average molecular weight is 565 g/mol. The Balaban J connectivity index is 0.00000385. The Hall–Kier alpha value is -2.29. The van der Waals surface area contributed by atoms with Crippen LogP contribution >= 0.6 is 24.0 Å². The highest BCUT2D eigenvalue weighted by atomic mass is 127.